The smallest absolute Gasteiger partial charge is 0.260 e. The highest BCUT2D eigenvalue weighted by Crippen LogP contribution is 2.22. The van der Waals surface area contributed by atoms with E-state index in [0.717, 1.165) is 27.0 Å². The first-order chi connectivity index (χ1) is 10.6. The molecule has 3 aromatic heterocycles. The number of hydrogen-bond acceptors (Lipinski definition) is 4. The van der Waals surface area contributed by atoms with Crippen LogP contribution in [0.1, 0.15) is 27.2 Å². The van der Waals surface area contributed by atoms with Gasteiger partial charge in [0.25, 0.3) is 5.56 Å². The van der Waals surface area contributed by atoms with Gasteiger partial charge in [-0.3, -0.25) is 14.6 Å². The number of aryl methyl sites for hydroxylation is 2. The highest BCUT2D eigenvalue weighted by molar-refractivity contribution is 7.16. The molecule has 0 aliphatic carbocycles. The highest BCUT2D eigenvalue weighted by atomic mass is 32.1. The quantitative estimate of drug-likeness (QED) is 0.595. The van der Waals surface area contributed by atoms with Crippen LogP contribution in [-0.2, 0) is 0 Å². The number of thiophene rings is 1. The third-order valence-electron chi connectivity index (χ3n) is 3.51. The third-order valence-corrected chi connectivity index (χ3v) is 4.34. The molecule has 4 nitrogen and oxygen atoms in total. The minimum Gasteiger partial charge on any atom is -0.313 e. The fourth-order valence-corrected chi connectivity index (χ4v) is 3.14. The Bertz CT molecular complexity index is 933. The molecule has 0 atom stereocenters. The fraction of sp³-hybridized carbons (Fsp3) is 0.118. The predicted octanol–water partition coefficient (Wildman–Crippen LogP) is 3.50. The lowest BCUT2D eigenvalue weighted by Crippen LogP contribution is -2.18. The Labute approximate surface area is 131 Å². The number of fused-ring (bicyclic) bond motifs is 1. The molecule has 0 amide bonds. The van der Waals surface area contributed by atoms with Crippen LogP contribution in [0.25, 0.3) is 16.3 Å². The van der Waals surface area contributed by atoms with Gasteiger partial charge in [-0.2, -0.15) is 0 Å². The predicted molar refractivity (Wildman–Crippen MR) is 89.5 cm³/mol. The second kappa shape index (κ2) is 5.69. The first-order valence-corrected chi connectivity index (χ1v) is 7.69. The van der Waals surface area contributed by atoms with Gasteiger partial charge >= 0.3 is 0 Å². The maximum Gasteiger partial charge on any atom is 0.260 e. The van der Waals surface area contributed by atoms with Crippen molar-refractivity contribution in [3.05, 3.63) is 68.6 Å². The molecule has 0 aromatic carbocycles. The second-order valence-corrected chi connectivity index (χ2v) is 5.96. The van der Waals surface area contributed by atoms with E-state index >= 15 is 0 Å². The van der Waals surface area contributed by atoms with E-state index in [0.29, 0.717) is 0 Å². The van der Waals surface area contributed by atoms with Crippen LogP contribution in [-0.4, -0.2) is 15.8 Å². The molecule has 3 aromatic rings. The SMILES string of the molecule is Cc1ccc(C=CC(=O)c2c(C)c3ccsc3[nH]c2=O)cn1. The van der Waals surface area contributed by atoms with Crippen LogP contribution in [0.15, 0.2) is 40.6 Å². The van der Waals surface area contributed by atoms with Gasteiger partial charge in [0.2, 0.25) is 0 Å². The van der Waals surface area contributed by atoms with Gasteiger partial charge in [0, 0.05) is 17.3 Å². The van der Waals surface area contributed by atoms with Gasteiger partial charge < -0.3 is 4.98 Å². The normalized spacial score (nSPS) is 11.4. The summed E-state index contributed by atoms with van der Waals surface area (Å²) in [5.41, 5.74) is 2.31. The number of carbonyl (C=O) groups is 1. The Morgan fingerprint density at radius 3 is 2.82 bits per heavy atom. The van der Waals surface area contributed by atoms with Crippen LogP contribution in [0.2, 0.25) is 0 Å². The number of nitrogens with zero attached hydrogens (tertiary/aromatic N) is 1. The molecule has 22 heavy (non-hydrogen) atoms. The van der Waals surface area contributed by atoms with E-state index in [2.05, 4.69) is 9.97 Å². The number of carbonyl (C=O) groups excluding carboxylic acids is 1. The van der Waals surface area contributed by atoms with Crippen molar-refractivity contribution in [3.63, 3.8) is 0 Å². The summed E-state index contributed by atoms with van der Waals surface area (Å²) in [4.78, 5) is 32.2. The van der Waals surface area contributed by atoms with E-state index in [9.17, 15) is 9.59 Å². The lowest BCUT2D eigenvalue weighted by molar-refractivity contribution is 0.104. The van der Waals surface area contributed by atoms with Crippen LogP contribution in [0.5, 0.6) is 0 Å². The number of hydrogen-bond donors (Lipinski definition) is 1. The molecule has 0 spiro atoms. The van der Waals surface area contributed by atoms with E-state index in [1.165, 1.54) is 17.4 Å². The highest BCUT2D eigenvalue weighted by Gasteiger charge is 2.14. The second-order valence-electron chi connectivity index (χ2n) is 5.05. The van der Waals surface area contributed by atoms with Crippen LogP contribution in [0.3, 0.4) is 0 Å². The van der Waals surface area contributed by atoms with Crippen molar-refractivity contribution in [3.8, 4) is 0 Å². The Hall–Kier alpha value is -2.53. The number of aromatic nitrogens is 2. The molecule has 0 bridgehead atoms. The summed E-state index contributed by atoms with van der Waals surface area (Å²) in [6.07, 6.45) is 4.78. The van der Waals surface area contributed by atoms with Gasteiger partial charge in [0.15, 0.2) is 5.78 Å². The minimum atomic E-state index is -0.343. The summed E-state index contributed by atoms with van der Waals surface area (Å²) in [6.45, 7) is 3.70. The molecule has 3 heterocycles. The standard InChI is InChI=1S/C17H14N2O2S/c1-10-3-4-12(9-18-10)5-6-14(20)15-11(2)13-7-8-22-17(13)19-16(15)21/h3-9H,1-2H3,(H,19,21). The molecule has 5 heteroatoms. The first-order valence-electron chi connectivity index (χ1n) is 6.81. The average Bonchev–Trinajstić information content (AvgIpc) is 2.95. The molecule has 0 radical (unpaired) electrons. The lowest BCUT2D eigenvalue weighted by Gasteiger charge is -2.02. The van der Waals surface area contributed by atoms with Gasteiger partial charge in [-0.15, -0.1) is 11.3 Å². The summed E-state index contributed by atoms with van der Waals surface area (Å²) >= 11 is 1.45. The Morgan fingerprint density at radius 2 is 2.09 bits per heavy atom. The van der Waals surface area contributed by atoms with Crippen LogP contribution in [0, 0.1) is 13.8 Å². The van der Waals surface area contributed by atoms with E-state index in [4.69, 9.17) is 0 Å². The maximum absolute atomic E-state index is 12.4. The molecule has 1 N–H and O–H groups in total. The molecule has 0 saturated carbocycles. The number of rotatable bonds is 3. The molecule has 0 fully saturated rings. The van der Waals surface area contributed by atoms with E-state index < -0.39 is 0 Å². The van der Waals surface area contributed by atoms with Gasteiger partial charge in [-0.25, -0.2) is 0 Å². The van der Waals surface area contributed by atoms with Gasteiger partial charge in [0.1, 0.15) is 4.83 Å². The van der Waals surface area contributed by atoms with Gasteiger partial charge in [-0.05, 0) is 54.6 Å². The fourth-order valence-electron chi connectivity index (χ4n) is 2.30. The molecule has 0 saturated heterocycles. The van der Waals surface area contributed by atoms with Crippen LogP contribution < -0.4 is 5.56 Å². The summed E-state index contributed by atoms with van der Waals surface area (Å²) in [6, 6.07) is 5.67. The van der Waals surface area contributed by atoms with Crippen molar-refractivity contribution in [1.82, 2.24) is 9.97 Å². The van der Waals surface area contributed by atoms with Crippen LogP contribution >= 0.6 is 11.3 Å². The topological polar surface area (TPSA) is 62.8 Å². The van der Waals surface area contributed by atoms with Crippen molar-refractivity contribution >= 4 is 33.4 Å². The summed E-state index contributed by atoms with van der Waals surface area (Å²) in [5.74, 6) is -0.299. The first kappa shape index (κ1) is 14.4. The number of pyridine rings is 2. The van der Waals surface area contributed by atoms with E-state index in [1.807, 2.05) is 30.5 Å². The van der Waals surface area contributed by atoms with Gasteiger partial charge in [-0.1, -0.05) is 6.07 Å². The monoisotopic (exact) mass is 310 g/mol. The molecular formula is C17H14N2O2S. The van der Waals surface area contributed by atoms with E-state index in [1.54, 1.807) is 19.2 Å². The lowest BCUT2D eigenvalue weighted by atomic mass is 10.0. The van der Waals surface area contributed by atoms with Crippen LogP contribution in [0.4, 0.5) is 0 Å². The number of ketones is 1. The number of allylic oxidation sites excluding steroid dienone is 1. The molecule has 110 valence electrons. The van der Waals surface area contributed by atoms with Gasteiger partial charge in [0.05, 0.1) is 5.56 Å². The zero-order valence-electron chi connectivity index (χ0n) is 12.2. The van der Waals surface area contributed by atoms with Crippen molar-refractivity contribution in [2.45, 2.75) is 13.8 Å². The summed E-state index contributed by atoms with van der Waals surface area (Å²) in [5, 5.41) is 2.81. The maximum atomic E-state index is 12.4. The molecular weight excluding hydrogens is 296 g/mol. The number of nitrogens with one attached hydrogen (secondary N) is 1. The van der Waals surface area contributed by atoms with Crippen molar-refractivity contribution in [1.29, 1.82) is 0 Å². The largest absolute Gasteiger partial charge is 0.313 e. The Balaban J connectivity index is 1.98. The Kier molecular flexibility index (Phi) is 3.73. The average molecular weight is 310 g/mol. The van der Waals surface area contributed by atoms with Crippen molar-refractivity contribution in [2.24, 2.45) is 0 Å². The molecule has 3 rings (SSSR count). The summed E-state index contributed by atoms with van der Waals surface area (Å²) in [7, 11) is 0. The molecule has 0 unspecified atom stereocenters. The number of H-pyrrole nitrogens is 1. The van der Waals surface area contributed by atoms with E-state index in [-0.39, 0.29) is 16.9 Å². The molecule has 0 aliphatic heterocycles. The zero-order valence-corrected chi connectivity index (χ0v) is 13.0. The molecule has 0 aliphatic rings. The minimum absolute atomic E-state index is 0.197. The number of aromatic amines is 1. The Morgan fingerprint density at radius 1 is 1.27 bits per heavy atom. The summed E-state index contributed by atoms with van der Waals surface area (Å²) < 4.78 is 0. The zero-order chi connectivity index (χ0) is 15.7. The third kappa shape index (κ3) is 2.63. The van der Waals surface area contributed by atoms with Crippen molar-refractivity contribution in [2.75, 3.05) is 0 Å². The van der Waals surface area contributed by atoms with Crippen molar-refractivity contribution < 1.29 is 4.79 Å².